The summed E-state index contributed by atoms with van der Waals surface area (Å²) in [7, 11) is 1.36. The Kier molecular flexibility index (Phi) is 15.1. The molecule has 0 aliphatic carbocycles. The van der Waals surface area contributed by atoms with Gasteiger partial charge in [-0.3, -0.25) is 38.4 Å². The van der Waals surface area contributed by atoms with E-state index in [2.05, 4.69) is 36.9 Å². The number of hydrogen-bond acceptors (Lipinski definition) is 13. The molecule has 0 radical (unpaired) electrons. The highest BCUT2D eigenvalue weighted by atomic mass is 32.2. The molecule has 1 aromatic carbocycles. The lowest BCUT2D eigenvalue weighted by Gasteiger charge is -2.32. The van der Waals surface area contributed by atoms with E-state index in [-0.39, 0.29) is 18.6 Å². The first kappa shape index (κ1) is 43.4. The van der Waals surface area contributed by atoms with Gasteiger partial charge < -0.3 is 68.6 Å². The molecule has 4 rings (SSSR count). The third-order valence-electron chi connectivity index (χ3n) is 9.53. The van der Waals surface area contributed by atoms with Crippen molar-refractivity contribution in [3.63, 3.8) is 0 Å². The van der Waals surface area contributed by atoms with Gasteiger partial charge in [0.1, 0.15) is 30.2 Å². The van der Waals surface area contributed by atoms with Crippen molar-refractivity contribution in [2.75, 3.05) is 39.0 Å². The fraction of sp³-hybridized carbons (Fsp3) is 0.529. The predicted octanol–water partition coefficient (Wildman–Crippen LogP) is -5.60. The van der Waals surface area contributed by atoms with E-state index in [0.29, 0.717) is 21.5 Å². The number of aromatic amines is 1. The van der Waals surface area contributed by atoms with Crippen LogP contribution in [0.4, 0.5) is 0 Å². The van der Waals surface area contributed by atoms with Crippen molar-refractivity contribution >= 4 is 69.9 Å². The number of amides is 8. The summed E-state index contributed by atoms with van der Waals surface area (Å²) in [5.41, 5.74) is 12.0. The molecule has 0 spiro atoms. The van der Waals surface area contributed by atoms with Gasteiger partial charge in [-0.2, -0.15) is 0 Å². The van der Waals surface area contributed by atoms with E-state index in [0.717, 1.165) is 16.7 Å². The maximum atomic E-state index is 14.2. The largest absolute Gasteiger partial charge is 0.394 e. The summed E-state index contributed by atoms with van der Waals surface area (Å²) < 4.78 is 0. The second-order valence-corrected chi connectivity index (χ2v) is 14.5. The molecule has 56 heavy (non-hydrogen) atoms. The lowest BCUT2D eigenvalue weighted by molar-refractivity contribution is -0.144. The average molecular weight is 805 g/mol. The second-order valence-electron chi connectivity index (χ2n) is 13.5. The van der Waals surface area contributed by atoms with Crippen LogP contribution in [-0.2, 0) is 44.8 Å². The fourth-order valence-corrected chi connectivity index (χ4v) is 7.53. The van der Waals surface area contributed by atoms with Crippen LogP contribution in [0.2, 0.25) is 0 Å². The summed E-state index contributed by atoms with van der Waals surface area (Å²) >= 11 is 1.04. The number of aliphatic hydroxyl groups is 3. The number of carbonyl (C=O) groups excluding carboxylic acids is 8. The van der Waals surface area contributed by atoms with Crippen molar-refractivity contribution in [1.82, 2.24) is 41.8 Å². The molecule has 1 unspecified atom stereocenters. The molecule has 2 aliphatic rings. The Labute approximate surface area is 324 Å². The zero-order valence-corrected chi connectivity index (χ0v) is 31.5. The van der Waals surface area contributed by atoms with Crippen LogP contribution in [0, 0.1) is 5.92 Å². The van der Waals surface area contributed by atoms with Crippen molar-refractivity contribution < 1.29 is 53.7 Å². The number of rotatable bonds is 10. The minimum absolute atomic E-state index is 0.194. The number of nitrogens with one attached hydrogen (secondary N) is 7. The first-order chi connectivity index (χ1) is 26.6. The smallest absolute Gasteiger partial charge is 0.246 e. The Morgan fingerprint density at radius 3 is 2.41 bits per heavy atom. The van der Waals surface area contributed by atoms with Gasteiger partial charge in [-0.15, -0.1) is 11.8 Å². The highest BCUT2D eigenvalue weighted by Crippen LogP contribution is 2.32. The summed E-state index contributed by atoms with van der Waals surface area (Å²) in [6.07, 6.45) is -4.10. The maximum Gasteiger partial charge on any atom is 0.246 e. The number of fused-ring (bicyclic) bond motifs is 4. The first-order valence-electron chi connectivity index (χ1n) is 17.7. The fourth-order valence-electron chi connectivity index (χ4n) is 6.41. The van der Waals surface area contributed by atoms with Crippen molar-refractivity contribution in [1.29, 1.82) is 0 Å². The number of likely N-dealkylation sites (N-methyl/N-ethyl adjacent to an activating group) is 1. The van der Waals surface area contributed by atoms with Gasteiger partial charge in [0.25, 0.3) is 0 Å². The van der Waals surface area contributed by atoms with Crippen molar-refractivity contribution in [2.24, 2.45) is 17.4 Å². The van der Waals surface area contributed by atoms with Crippen molar-refractivity contribution in [3.05, 3.63) is 29.8 Å². The van der Waals surface area contributed by atoms with E-state index in [4.69, 9.17) is 11.5 Å². The number of hydrogen-bond donors (Lipinski definition) is 12. The summed E-state index contributed by atoms with van der Waals surface area (Å²) in [6, 6.07) is -0.619. The van der Waals surface area contributed by atoms with Crippen LogP contribution in [-0.4, -0.2) is 154 Å². The summed E-state index contributed by atoms with van der Waals surface area (Å²) in [4.78, 5) is 111. The van der Waals surface area contributed by atoms with Crippen LogP contribution in [0.3, 0.4) is 0 Å². The zero-order valence-electron chi connectivity index (χ0n) is 30.7. The van der Waals surface area contributed by atoms with Crippen LogP contribution in [0.15, 0.2) is 29.3 Å². The van der Waals surface area contributed by atoms with Gasteiger partial charge in [-0.05, 0) is 11.6 Å². The summed E-state index contributed by atoms with van der Waals surface area (Å²) in [5.74, 6) is -8.32. The molecule has 2 aliphatic heterocycles. The lowest BCUT2D eigenvalue weighted by Crippen LogP contribution is -2.61. The number of primary amides is 1. The Morgan fingerprint density at radius 1 is 1.04 bits per heavy atom. The second kappa shape index (κ2) is 19.5. The number of benzene rings is 1. The molecule has 306 valence electrons. The number of nitrogens with zero attached hydrogens (tertiary/aromatic N) is 1. The molecule has 2 aromatic rings. The SMILES string of the molecule is CNC(=O)CNC(=O)C1Cc2c([nH]c3ccccc23)SC[C@H](NC(=O)CN)C(=O)N[C@@H](CC(N)=O)C(=O)N2C[C@H](O)C[C@H]2C(=O)N[C@@H]([C@@H](C)[C@@H](O)CO)C(=O)N1. The van der Waals surface area contributed by atoms with E-state index in [1.807, 2.05) is 0 Å². The molecule has 22 heteroatoms. The van der Waals surface area contributed by atoms with Gasteiger partial charge in [0.15, 0.2) is 0 Å². The van der Waals surface area contributed by atoms with E-state index in [1.54, 1.807) is 24.3 Å². The monoisotopic (exact) mass is 804 g/mol. The zero-order chi connectivity index (χ0) is 41.3. The Balaban J connectivity index is 1.88. The molecular formula is C34H48N10O11S. The molecule has 1 saturated heterocycles. The first-order valence-corrected chi connectivity index (χ1v) is 18.7. The van der Waals surface area contributed by atoms with Gasteiger partial charge in [0.05, 0.1) is 43.4 Å². The molecule has 8 atom stereocenters. The predicted molar refractivity (Wildman–Crippen MR) is 199 cm³/mol. The highest BCUT2D eigenvalue weighted by molar-refractivity contribution is 7.99. The molecule has 14 N–H and O–H groups in total. The number of aliphatic hydroxyl groups excluding tert-OH is 3. The normalized spacial score (nSPS) is 24.9. The molecule has 1 aromatic heterocycles. The number of para-hydroxylation sites is 1. The standard InChI is InChI=1S/C34H48N10O11S/c1-15(24(47)13-45)28-32(54)40-20(29(51)38-11-27(50)37-2)8-18-17-5-3-4-6-19(17)42-33(18)56-14-22(39-26(49)10-35)30(52)41-21(9-25(36)48)34(55)44-12-16(46)7-23(44)31(53)43-28/h3-6,15-16,20-24,28,42,45-47H,7-14,35H2,1-2H3,(H2,36,48)(H,37,50)(H,38,51)(H,39,49)(H,40,54)(H,41,52)(H,43,53)/t15-,16+,20?,21-,22-,23-,24-,28-/m0/s1. The topological polar surface area (TPSA) is 340 Å². The number of carbonyl (C=O) groups is 8. The third-order valence-corrected chi connectivity index (χ3v) is 10.7. The number of aromatic nitrogens is 1. The molecule has 1 fully saturated rings. The Hall–Kier alpha value is -5.29. The molecule has 0 bridgehead atoms. The minimum Gasteiger partial charge on any atom is -0.394 e. The van der Waals surface area contributed by atoms with E-state index >= 15 is 0 Å². The van der Waals surface area contributed by atoms with Crippen molar-refractivity contribution in [2.45, 2.75) is 73.6 Å². The molecule has 0 saturated carbocycles. The molecule has 21 nitrogen and oxygen atoms in total. The van der Waals surface area contributed by atoms with E-state index in [9.17, 15) is 53.7 Å². The van der Waals surface area contributed by atoms with E-state index < -0.39 is 128 Å². The van der Waals surface area contributed by atoms with Crippen LogP contribution < -0.4 is 43.4 Å². The van der Waals surface area contributed by atoms with Gasteiger partial charge in [-0.25, -0.2) is 0 Å². The molecule has 8 amide bonds. The maximum absolute atomic E-state index is 14.2. The van der Waals surface area contributed by atoms with Gasteiger partial charge in [0.2, 0.25) is 47.3 Å². The van der Waals surface area contributed by atoms with Crippen LogP contribution >= 0.6 is 11.8 Å². The number of thioether (sulfide) groups is 1. The Bertz CT molecular complexity index is 1830. The summed E-state index contributed by atoms with van der Waals surface area (Å²) in [5, 5.41) is 46.9. The summed E-state index contributed by atoms with van der Waals surface area (Å²) in [6.45, 7) is -0.843. The van der Waals surface area contributed by atoms with Crippen LogP contribution in [0.1, 0.15) is 25.3 Å². The van der Waals surface area contributed by atoms with Crippen LogP contribution in [0.5, 0.6) is 0 Å². The molecule has 3 heterocycles. The lowest BCUT2D eigenvalue weighted by atomic mass is 9.94. The van der Waals surface area contributed by atoms with Gasteiger partial charge in [-0.1, -0.05) is 25.1 Å². The Morgan fingerprint density at radius 2 is 1.75 bits per heavy atom. The van der Waals surface area contributed by atoms with Gasteiger partial charge >= 0.3 is 0 Å². The van der Waals surface area contributed by atoms with E-state index in [1.165, 1.54) is 14.0 Å². The number of nitrogens with two attached hydrogens (primary N) is 2. The van der Waals surface area contributed by atoms with Crippen LogP contribution in [0.25, 0.3) is 10.9 Å². The molecular weight excluding hydrogens is 756 g/mol. The van der Waals surface area contributed by atoms with Crippen molar-refractivity contribution in [3.8, 4) is 0 Å². The number of H-pyrrole nitrogens is 1. The third kappa shape index (κ3) is 10.7. The minimum atomic E-state index is -1.66. The average Bonchev–Trinajstić information content (AvgIpc) is 3.74. The quantitative estimate of drug-likeness (QED) is 0.107. The highest BCUT2D eigenvalue weighted by Gasteiger charge is 2.44. The van der Waals surface area contributed by atoms with Gasteiger partial charge in [0, 0.05) is 49.0 Å².